The fourth-order valence-electron chi connectivity index (χ4n) is 0.997. The van der Waals surface area contributed by atoms with Gasteiger partial charge in [0.1, 0.15) is 6.11 Å². The molecule has 0 aromatic heterocycles. The van der Waals surface area contributed by atoms with E-state index in [1.54, 1.807) is 12.1 Å². The Labute approximate surface area is 82.9 Å². The molecule has 0 atom stereocenters. The van der Waals surface area contributed by atoms with Gasteiger partial charge in [-0.15, -0.1) is 0 Å². The quantitative estimate of drug-likeness (QED) is 0.704. The summed E-state index contributed by atoms with van der Waals surface area (Å²) in [4.78, 5) is 10.7. The van der Waals surface area contributed by atoms with Gasteiger partial charge in [-0.2, -0.15) is 0 Å². The van der Waals surface area contributed by atoms with Crippen LogP contribution in [-0.4, -0.2) is 13.0 Å². The van der Waals surface area contributed by atoms with Crippen molar-refractivity contribution < 1.29 is 9.53 Å². The number of rotatable bonds is 2. The monoisotopic (exact) mass is 189 g/mol. The van der Waals surface area contributed by atoms with E-state index >= 15 is 0 Å². The fraction of sp³-hybridized carbons (Fsp3) is 0.182. The second-order valence-electron chi connectivity index (χ2n) is 2.72. The van der Waals surface area contributed by atoms with Gasteiger partial charge >= 0.3 is 0 Å². The van der Waals surface area contributed by atoms with Crippen LogP contribution in [0.15, 0.2) is 24.3 Å². The van der Waals surface area contributed by atoms with Crippen molar-refractivity contribution in [2.24, 2.45) is 5.73 Å². The van der Waals surface area contributed by atoms with Crippen LogP contribution in [0.1, 0.15) is 15.9 Å². The third-order valence-corrected chi connectivity index (χ3v) is 1.71. The maximum Gasteiger partial charge on any atom is 0.248 e. The molecular weight excluding hydrogens is 178 g/mol. The lowest BCUT2D eigenvalue weighted by molar-refractivity contribution is 0.100. The summed E-state index contributed by atoms with van der Waals surface area (Å²) in [5.41, 5.74) is 6.63. The molecule has 3 nitrogen and oxygen atoms in total. The summed E-state index contributed by atoms with van der Waals surface area (Å²) in [5, 5.41) is 0. The summed E-state index contributed by atoms with van der Waals surface area (Å²) >= 11 is 0. The molecular formula is C11H11NO2. The first-order valence-electron chi connectivity index (χ1n) is 4.13. The van der Waals surface area contributed by atoms with E-state index in [0.717, 1.165) is 5.56 Å². The molecule has 0 radical (unpaired) electrons. The van der Waals surface area contributed by atoms with E-state index in [1.807, 2.05) is 12.1 Å². The highest BCUT2D eigenvalue weighted by atomic mass is 16.5. The minimum Gasteiger partial charge on any atom is -0.450 e. The van der Waals surface area contributed by atoms with Crippen LogP contribution in [0.4, 0.5) is 0 Å². The molecule has 1 rings (SSSR count). The van der Waals surface area contributed by atoms with Crippen molar-refractivity contribution in [1.29, 1.82) is 0 Å². The molecule has 0 heterocycles. The molecule has 0 aliphatic rings. The van der Waals surface area contributed by atoms with Crippen LogP contribution in [0.3, 0.4) is 0 Å². The maximum atomic E-state index is 10.7. The van der Waals surface area contributed by atoms with E-state index in [4.69, 9.17) is 5.73 Å². The lowest BCUT2D eigenvalue weighted by atomic mass is 10.1. The van der Waals surface area contributed by atoms with Gasteiger partial charge in [-0.1, -0.05) is 18.1 Å². The number of carbonyl (C=O) groups excluding carboxylic acids is 1. The van der Waals surface area contributed by atoms with Gasteiger partial charge < -0.3 is 10.5 Å². The number of hydrogen-bond donors (Lipinski definition) is 1. The minimum atomic E-state index is -0.417. The number of methoxy groups -OCH3 is 1. The SMILES string of the molecule is COC#CCc1ccc(C(N)=O)cc1. The van der Waals surface area contributed by atoms with Gasteiger partial charge in [0.15, 0.2) is 0 Å². The predicted molar refractivity (Wildman–Crippen MR) is 53.4 cm³/mol. The Morgan fingerprint density at radius 1 is 1.43 bits per heavy atom. The number of nitrogens with two attached hydrogens (primary N) is 1. The van der Waals surface area contributed by atoms with Crippen molar-refractivity contribution in [3.8, 4) is 12.0 Å². The molecule has 1 aromatic carbocycles. The Kier molecular flexibility index (Phi) is 3.57. The number of primary amides is 1. The smallest absolute Gasteiger partial charge is 0.248 e. The zero-order valence-electron chi connectivity index (χ0n) is 7.91. The first kappa shape index (κ1) is 10.1. The summed E-state index contributed by atoms with van der Waals surface area (Å²) in [5.74, 6) is 2.39. The van der Waals surface area contributed by atoms with Gasteiger partial charge in [0, 0.05) is 12.0 Å². The number of amides is 1. The lowest BCUT2D eigenvalue weighted by Gasteiger charge is -1.96. The zero-order chi connectivity index (χ0) is 10.4. The van der Waals surface area contributed by atoms with Gasteiger partial charge in [-0.05, 0) is 17.7 Å². The molecule has 0 unspecified atom stereocenters. The third-order valence-electron chi connectivity index (χ3n) is 1.71. The highest BCUT2D eigenvalue weighted by Crippen LogP contribution is 2.03. The largest absolute Gasteiger partial charge is 0.450 e. The molecule has 0 aliphatic carbocycles. The first-order chi connectivity index (χ1) is 6.74. The Bertz CT molecular complexity index is 371. The topological polar surface area (TPSA) is 52.3 Å². The van der Waals surface area contributed by atoms with Crippen molar-refractivity contribution >= 4 is 5.91 Å². The number of carbonyl (C=O) groups is 1. The normalized spacial score (nSPS) is 8.64. The van der Waals surface area contributed by atoms with Gasteiger partial charge in [0.05, 0.1) is 7.11 Å². The first-order valence-corrected chi connectivity index (χ1v) is 4.13. The number of ether oxygens (including phenoxy) is 1. The Morgan fingerprint density at radius 2 is 2.07 bits per heavy atom. The van der Waals surface area contributed by atoms with E-state index in [9.17, 15) is 4.79 Å². The fourth-order valence-corrected chi connectivity index (χ4v) is 0.997. The maximum absolute atomic E-state index is 10.7. The Balaban J connectivity index is 2.69. The molecule has 0 saturated carbocycles. The van der Waals surface area contributed by atoms with Crippen molar-refractivity contribution in [3.05, 3.63) is 35.4 Å². The lowest BCUT2D eigenvalue weighted by Crippen LogP contribution is -2.10. The molecule has 14 heavy (non-hydrogen) atoms. The van der Waals surface area contributed by atoms with E-state index in [0.29, 0.717) is 12.0 Å². The van der Waals surface area contributed by atoms with E-state index in [-0.39, 0.29) is 0 Å². The minimum absolute atomic E-state index is 0.417. The molecule has 0 bridgehead atoms. The van der Waals surface area contributed by atoms with Crippen LogP contribution >= 0.6 is 0 Å². The molecule has 0 fully saturated rings. The third kappa shape index (κ3) is 2.83. The van der Waals surface area contributed by atoms with Gasteiger partial charge in [0.25, 0.3) is 0 Å². The molecule has 1 aromatic rings. The number of hydrogen-bond acceptors (Lipinski definition) is 2. The van der Waals surface area contributed by atoms with Gasteiger partial charge in [-0.3, -0.25) is 4.79 Å². The van der Waals surface area contributed by atoms with E-state index < -0.39 is 5.91 Å². The highest BCUT2D eigenvalue weighted by Gasteiger charge is 1.98. The molecule has 0 aliphatic heterocycles. The van der Waals surface area contributed by atoms with Crippen molar-refractivity contribution in [2.75, 3.05) is 7.11 Å². The highest BCUT2D eigenvalue weighted by molar-refractivity contribution is 5.92. The van der Waals surface area contributed by atoms with Crippen molar-refractivity contribution in [2.45, 2.75) is 6.42 Å². The van der Waals surface area contributed by atoms with Crippen LogP contribution in [-0.2, 0) is 11.2 Å². The van der Waals surface area contributed by atoms with Crippen LogP contribution in [0.5, 0.6) is 0 Å². The molecule has 3 heteroatoms. The Hall–Kier alpha value is -1.95. The van der Waals surface area contributed by atoms with Gasteiger partial charge in [-0.25, -0.2) is 0 Å². The summed E-state index contributed by atoms with van der Waals surface area (Å²) in [6, 6.07) is 7.02. The average molecular weight is 189 g/mol. The summed E-state index contributed by atoms with van der Waals surface area (Å²) in [7, 11) is 1.52. The van der Waals surface area contributed by atoms with E-state index in [1.165, 1.54) is 7.11 Å². The van der Waals surface area contributed by atoms with E-state index in [2.05, 4.69) is 16.8 Å². The standard InChI is InChI=1S/C11H11NO2/c1-14-8-2-3-9-4-6-10(7-5-9)11(12)13/h4-7H,3H2,1H3,(H2,12,13). The molecule has 2 N–H and O–H groups in total. The molecule has 0 saturated heterocycles. The van der Waals surface area contributed by atoms with Gasteiger partial charge in [0.2, 0.25) is 5.91 Å². The molecule has 72 valence electrons. The van der Waals surface area contributed by atoms with Crippen LogP contribution in [0.2, 0.25) is 0 Å². The summed E-state index contributed by atoms with van der Waals surface area (Å²) < 4.78 is 4.59. The molecule has 1 amide bonds. The Morgan fingerprint density at radius 3 is 2.57 bits per heavy atom. The summed E-state index contributed by atoms with van der Waals surface area (Å²) in [6.45, 7) is 0. The zero-order valence-corrected chi connectivity index (χ0v) is 7.91. The molecule has 0 spiro atoms. The van der Waals surface area contributed by atoms with Crippen LogP contribution in [0.25, 0.3) is 0 Å². The van der Waals surface area contributed by atoms with Crippen LogP contribution < -0.4 is 5.73 Å². The van der Waals surface area contributed by atoms with Crippen LogP contribution in [0, 0.1) is 12.0 Å². The summed E-state index contributed by atoms with van der Waals surface area (Å²) in [6.07, 6.45) is 3.10. The second-order valence-corrected chi connectivity index (χ2v) is 2.72. The number of benzene rings is 1. The average Bonchev–Trinajstić information content (AvgIpc) is 2.19. The predicted octanol–water partition coefficient (Wildman–Crippen LogP) is 0.935. The van der Waals surface area contributed by atoms with Crippen molar-refractivity contribution in [1.82, 2.24) is 0 Å². The second kappa shape index (κ2) is 4.93. The van der Waals surface area contributed by atoms with Crippen molar-refractivity contribution in [3.63, 3.8) is 0 Å².